The highest BCUT2D eigenvalue weighted by Gasteiger charge is 2.32. The Hall–Kier alpha value is -4.82. The van der Waals surface area contributed by atoms with Crippen LogP contribution in [0.3, 0.4) is 0 Å². The molecule has 0 fully saturated rings. The number of hydrogen-bond donors (Lipinski definition) is 4. The molecule has 0 aromatic heterocycles. The molecule has 1 aliphatic heterocycles. The normalized spacial score (nSPS) is 15.0. The first kappa shape index (κ1) is 35.0. The van der Waals surface area contributed by atoms with Crippen molar-refractivity contribution in [3.8, 4) is 23.0 Å². The molecule has 47 heavy (non-hydrogen) atoms. The maximum atomic E-state index is 13.2. The average Bonchev–Trinajstić information content (AvgIpc) is 3.04. The van der Waals surface area contributed by atoms with Crippen LogP contribution in [0.2, 0.25) is 0 Å². The third kappa shape index (κ3) is 9.36. The summed E-state index contributed by atoms with van der Waals surface area (Å²) in [6, 6.07) is 13.3. The van der Waals surface area contributed by atoms with E-state index in [4.69, 9.17) is 23.7 Å². The summed E-state index contributed by atoms with van der Waals surface area (Å²) in [5.74, 6) is 0.752. The van der Waals surface area contributed by atoms with Crippen LogP contribution in [0.4, 0.5) is 9.18 Å². The number of benzene rings is 3. The summed E-state index contributed by atoms with van der Waals surface area (Å²) in [5, 5.41) is 19.9. The number of allylic oxidation sites excluding steroid dienone is 1. The topological polar surface area (TPSA) is 149 Å². The van der Waals surface area contributed by atoms with Crippen LogP contribution in [0.25, 0.3) is 0 Å². The van der Waals surface area contributed by atoms with E-state index in [2.05, 4.69) is 37.1 Å². The number of hydrazone groups is 1. The number of amides is 2. The Labute approximate surface area is 280 Å². The van der Waals surface area contributed by atoms with E-state index in [1.165, 1.54) is 25.5 Å². The summed E-state index contributed by atoms with van der Waals surface area (Å²) in [7, 11) is 1.27. The van der Waals surface area contributed by atoms with Gasteiger partial charge in [-0.15, -0.1) is 0 Å². The predicted molar refractivity (Wildman–Crippen MR) is 175 cm³/mol. The van der Waals surface area contributed by atoms with Gasteiger partial charge in [0, 0.05) is 5.70 Å². The Balaban J connectivity index is 1.40. The molecule has 0 spiro atoms. The SMILES string of the molecule is CCOc1cc([C@H]2NC(=O)NC(C)=C2C(=O)OC)ccc1OC[C@@H](O)N/N=C\c1cc(Br)c(OCc2ccc(F)cc2)c(OCC)c1. The van der Waals surface area contributed by atoms with Gasteiger partial charge >= 0.3 is 12.0 Å². The van der Waals surface area contributed by atoms with E-state index in [-0.39, 0.29) is 24.6 Å². The van der Waals surface area contributed by atoms with E-state index < -0.39 is 24.3 Å². The van der Waals surface area contributed by atoms with Crippen molar-refractivity contribution in [2.24, 2.45) is 5.10 Å². The van der Waals surface area contributed by atoms with Crippen molar-refractivity contribution in [3.05, 3.63) is 92.8 Å². The Kier molecular flexibility index (Phi) is 12.4. The molecule has 3 aromatic carbocycles. The van der Waals surface area contributed by atoms with Crippen molar-refractivity contribution in [1.82, 2.24) is 16.1 Å². The van der Waals surface area contributed by atoms with Gasteiger partial charge in [-0.05, 0) is 89.8 Å². The zero-order valence-electron chi connectivity index (χ0n) is 26.3. The average molecular weight is 716 g/mol. The number of rotatable bonds is 15. The van der Waals surface area contributed by atoms with E-state index in [9.17, 15) is 19.1 Å². The van der Waals surface area contributed by atoms with Crippen LogP contribution in [-0.2, 0) is 16.1 Å². The molecule has 3 aromatic rings. The van der Waals surface area contributed by atoms with Crippen LogP contribution in [0.15, 0.2) is 75.4 Å². The molecule has 0 radical (unpaired) electrons. The molecule has 0 unspecified atom stereocenters. The highest BCUT2D eigenvalue weighted by atomic mass is 79.9. The van der Waals surface area contributed by atoms with Crippen molar-refractivity contribution in [3.63, 3.8) is 0 Å². The molecule has 0 bridgehead atoms. The lowest BCUT2D eigenvalue weighted by Crippen LogP contribution is -2.45. The number of aliphatic hydroxyl groups is 1. The van der Waals surface area contributed by atoms with Crippen LogP contribution in [0.1, 0.15) is 43.5 Å². The summed E-state index contributed by atoms with van der Waals surface area (Å²) in [4.78, 5) is 24.6. The number of ether oxygens (including phenoxy) is 5. The fourth-order valence-corrected chi connectivity index (χ4v) is 5.20. The van der Waals surface area contributed by atoms with E-state index in [0.29, 0.717) is 57.5 Å². The number of halogens is 2. The van der Waals surface area contributed by atoms with Crippen molar-refractivity contribution in [2.45, 2.75) is 39.6 Å². The molecule has 0 saturated carbocycles. The molecule has 250 valence electrons. The first-order valence-electron chi connectivity index (χ1n) is 14.7. The lowest BCUT2D eigenvalue weighted by molar-refractivity contribution is -0.136. The number of nitrogens with one attached hydrogen (secondary N) is 3. The number of hydrogen-bond acceptors (Lipinski definition) is 10. The second kappa shape index (κ2) is 16.7. The number of carbonyl (C=O) groups is 2. The predicted octanol–water partition coefficient (Wildman–Crippen LogP) is 5.09. The molecule has 0 aliphatic carbocycles. The summed E-state index contributed by atoms with van der Waals surface area (Å²) < 4.78 is 42.1. The van der Waals surface area contributed by atoms with Gasteiger partial charge in [-0.25, -0.2) is 14.0 Å². The molecular weight excluding hydrogens is 679 g/mol. The van der Waals surface area contributed by atoms with Gasteiger partial charge in [-0.3, -0.25) is 5.43 Å². The fourth-order valence-electron chi connectivity index (χ4n) is 4.62. The first-order valence-corrected chi connectivity index (χ1v) is 15.5. The second-order valence-electron chi connectivity index (χ2n) is 10.1. The largest absolute Gasteiger partial charge is 0.490 e. The molecule has 2 amide bonds. The van der Waals surface area contributed by atoms with Crippen LogP contribution in [0, 0.1) is 5.82 Å². The van der Waals surface area contributed by atoms with Crippen LogP contribution in [0.5, 0.6) is 23.0 Å². The molecule has 4 rings (SSSR count). The number of carbonyl (C=O) groups excluding carboxylic acids is 2. The van der Waals surface area contributed by atoms with Crippen LogP contribution >= 0.6 is 15.9 Å². The van der Waals surface area contributed by atoms with Gasteiger partial charge in [-0.1, -0.05) is 18.2 Å². The molecule has 1 aliphatic rings. The van der Waals surface area contributed by atoms with Crippen LogP contribution in [-0.4, -0.2) is 56.5 Å². The molecule has 12 nitrogen and oxygen atoms in total. The third-order valence-electron chi connectivity index (χ3n) is 6.74. The molecule has 14 heteroatoms. The summed E-state index contributed by atoms with van der Waals surface area (Å²) >= 11 is 3.52. The summed E-state index contributed by atoms with van der Waals surface area (Å²) in [6.07, 6.45) is 0.316. The quantitative estimate of drug-likeness (QED) is 0.0732. The zero-order valence-corrected chi connectivity index (χ0v) is 27.9. The molecule has 2 atom stereocenters. The van der Waals surface area contributed by atoms with E-state index in [1.807, 2.05) is 6.92 Å². The first-order chi connectivity index (χ1) is 22.6. The van der Waals surface area contributed by atoms with Crippen molar-refractivity contribution < 1.29 is 42.8 Å². The lowest BCUT2D eigenvalue weighted by atomic mass is 9.95. The smallest absolute Gasteiger partial charge is 0.337 e. The van der Waals surface area contributed by atoms with Crippen molar-refractivity contribution in [2.75, 3.05) is 26.9 Å². The minimum atomic E-state index is -1.19. The Morgan fingerprint density at radius 1 is 1.04 bits per heavy atom. The number of urea groups is 1. The van der Waals surface area contributed by atoms with Gasteiger partial charge in [0.2, 0.25) is 0 Å². The van der Waals surface area contributed by atoms with Gasteiger partial charge in [-0.2, -0.15) is 5.10 Å². The van der Waals surface area contributed by atoms with Crippen molar-refractivity contribution in [1.29, 1.82) is 0 Å². The Morgan fingerprint density at radius 2 is 1.77 bits per heavy atom. The minimum Gasteiger partial charge on any atom is -0.490 e. The monoisotopic (exact) mass is 714 g/mol. The van der Waals surface area contributed by atoms with Gasteiger partial charge < -0.3 is 39.4 Å². The van der Waals surface area contributed by atoms with Gasteiger partial charge in [0.05, 0.1) is 42.6 Å². The molecular formula is C33H36BrFN4O8. The minimum absolute atomic E-state index is 0.183. The highest BCUT2D eigenvalue weighted by Crippen LogP contribution is 2.37. The number of nitrogens with zero attached hydrogens (tertiary/aromatic N) is 1. The summed E-state index contributed by atoms with van der Waals surface area (Å²) in [5.41, 5.74) is 5.28. The lowest BCUT2D eigenvalue weighted by Gasteiger charge is -2.28. The molecule has 4 N–H and O–H groups in total. The Morgan fingerprint density at radius 3 is 2.47 bits per heavy atom. The van der Waals surface area contributed by atoms with E-state index >= 15 is 0 Å². The summed E-state index contributed by atoms with van der Waals surface area (Å²) in [6.45, 7) is 6.02. The molecule has 1 heterocycles. The van der Waals surface area contributed by atoms with Gasteiger partial charge in [0.1, 0.15) is 19.0 Å². The van der Waals surface area contributed by atoms with Crippen molar-refractivity contribution >= 4 is 34.1 Å². The van der Waals surface area contributed by atoms with Gasteiger partial charge in [0.15, 0.2) is 29.2 Å². The standard InChI is InChI=1S/C33H36BrFN4O8/c1-5-44-26-15-22(30-29(32(41)43-4)19(3)37-33(42)38-30)9-12-25(26)46-18-28(40)39-36-16-21-13-24(34)31(27(14-21)45-6-2)47-17-20-7-10-23(35)11-8-20/h7-16,28,30,39-40H,5-6,17-18H2,1-4H3,(H2,37,38,42)/b36-16-/t28-,30-/m1/s1. The highest BCUT2D eigenvalue weighted by molar-refractivity contribution is 9.10. The maximum absolute atomic E-state index is 13.2. The molecule has 0 saturated heterocycles. The third-order valence-corrected chi connectivity index (χ3v) is 7.33. The van der Waals surface area contributed by atoms with E-state index in [1.54, 1.807) is 56.3 Å². The number of aliphatic hydroxyl groups excluding tert-OH is 1. The number of methoxy groups -OCH3 is 1. The second-order valence-corrected chi connectivity index (χ2v) is 10.9. The Bertz CT molecular complexity index is 1630. The maximum Gasteiger partial charge on any atom is 0.337 e. The zero-order chi connectivity index (χ0) is 33.9. The van der Waals surface area contributed by atoms with Crippen LogP contribution < -0.4 is 35.0 Å². The number of esters is 1. The fraction of sp³-hybridized carbons (Fsp3) is 0.303. The van der Waals surface area contributed by atoms with Gasteiger partial charge in [0.25, 0.3) is 0 Å². The van der Waals surface area contributed by atoms with E-state index in [0.717, 1.165) is 5.56 Å².